The lowest BCUT2D eigenvalue weighted by Crippen LogP contribution is -2.41. The number of carboxylic acids is 1. The van der Waals surface area contributed by atoms with Gasteiger partial charge in [-0.15, -0.1) is 0 Å². The molecule has 0 bridgehead atoms. The van der Waals surface area contributed by atoms with E-state index in [2.05, 4.69) is 5.32 Å². The lowest BCUT2D eigenvalue weighted by molar-refractivity contribution is -0.385. The molecule has 8 heteroatoms. The van der Waals surface area contributed by atoms with E-state index in [0.29, 0.717) is 0 Å². The van der Waals surface area contributed by atoms with Crippen molar-refractivity contribution >= 4 is 29.2 Å². The molecule has 114 valence electrons. The van der Waals surface area contributed by atoms with Gasteiger partial charge in [0.05, 0.1) is 9.95 Å². The number of carbonyl (C=O) groups excluding carboxylic acids is 1. The van der Waals surface area contributed by atoms with Gasteiger partial charge in [-0.2, -0.15) is 0 Å². The van der Waals surface area contributed by atoms with Crippen molar-refractivity contribution in [3.63, 3.8) is 0 Å². The summed E-state index contributed by atoms with van der Waals surface area (Å²) >= 11 is 5.82. The standard InChI is InChI=1S/C13H15ClN2O5/c1-7(2)6-9(13(18)19)15-12(17)11-8(14)4-3-5-10(11)16(20)21/h3-5,7,9H,6H2,1-2H3,(H,15,17)(H,18,19)/t9-/m1/s1. The van der Waals surface area contributed by atoms with Crippen molar-refractivity contribution in [1.82, 2.24) is 5.32 Å². The average molecular weight is 315 g/mol. The van der Waals surface area contributed by atoms with Crippen LogP contribution in [0.15, 0.2) is 18.2 Å². The first kappa shape index (κ1) is 16.9. The number of nitro groups is 1. The van der Waals surface area contributed by atoms with Gasteiger partial charge in [-0.05, 0) is 18.4 Å². The van der Waals surface area contributed by atoms with Crippen LogP contribution in [0.5, 0.6) is 0 Å². The molecule has 0 heterocycles. The molecule has 7 nitrogen and oxygen atoms in total. The van der Waals surface area contributed by atoms with Crippen molar-refractivity contribution in [2.45, 2.75) is 26.3 Å². The molecule has 0 unspecified atom stereocenters. The summed E-state index contributed by atoms with van der Waals surface area (Å²) < 4.78 is 0. The van der Waals surface area contributed by atoms with E-state index in [1.165, 1.54) is 12.1 Å². The van der Waals surface area contributed by atoms with Gasteiger partial charge in [-0.1, -0.05) is 31.5 Å². The van der Waals surface area contributed by atoms with Crippen LogP contribution in [0.4, 0.5) is 5.69 Å². The molecule has 0 aliphatic carbocycles. The van der Waals surface area contributed by atoms with Crippen LogP contribution in [0.2, 0.25) is 5.02 Å². The number of hydrogen-bond donors (Lipinski definition) is 2. The molecule has 2 N–H and O–H groups in total. The summed E-state index contributed by atoms with van der Waals surface area (Å²) in [5, 5.41) is 22.2. The number of nitrogens with one attached hydrogen (secondary N) is 1. The lowest BCUT2D eigenvalue weighted by atomic mass is 10.0. The van der Waals surface area contributed by atoms with Crippen LogP contribution >= 0.6 is 11.6 Å². The number of rotatable bonds is 6. The first-order chi connectivity index (χ1) is 9.73. The molecule has 21 heavy (non-hydrogen) atoms. The Kier molecular flexibility index (Phi) is 5.66. The monoisotopic (exact) mass is 314 g/mol. The third-order valence-electron chi connectivity index (χ3n) is 2.73. The molecule has 0 saturated carbocycles. The Bertz CT molecular complexity index is 574. The third kappa shape index (κ3) is 4.42. The van der Waals surface area contributed by atoms with E-state index in [1.54, 1.807) is 13.8 Å². The van der Waals surface area contributed by atoms with Gasteiger partial charge in [0, 0.05) is 6.07 Å². The summed E-state index contributed by atoms with van der Waals surface area (Å²) in [6, 6.07) is 2.69. The van der Waals surface area contributed by atoms with E-state index in [0.717, 1.165) is 6.07 Å². The third-order valence-corrected chi connectivity index (χ3v) is 3.04. The van der Waals surface area contributed by atoms with Crippen molar-refractivity contribution in [2.24, 2.45) is 5.92 Å². The van der Waals surface area contributed by atoms with E-state index in [1.807, 2.05) is 0 Å². The fourth-order valence-electron chi connectivity index (χ4n) is 1.81. The minimum atomic E-state index is -1.20. The van der Waals surface area contributed by atoms with Gasteiger partial charge in [0.1, 0.15) is 11.6 Å². The predicted molar refractivity (Wildman–Crippen MR) is 76.5 cm³/mol. The molecule has 0 aliphatic heterocycles. The summed E-state index contributed by atoms with van der Waals surface area (Å²) in [6.45, 7) is 3.61. The van der Waals surface area contributed by atoms with Crippen LogP contribution in [0.3, 0.4) is 0 Å². The zero-order valence-corrected chi connectivity index (χ0v) is 12.3. The molecule has 0 spiro atoms. The molecule has 1 aromatic carbocycles. The Morgan fingerprint density at radius 2 is 2.05 bits per heavy atom. The van der Waals surface area contributed by atoms with E-state index in [4.69, 9.17) is 16.7 Å². The largest absolute Gasteiger partial charge is 0.480 e. The lowest BCUT2D eigenvalue weighted by Gasteiger charge is -2.16. The number of benzene rings is 1. The molecule has 0 radical (unpaired) electrons. The van der Waals surface area contributed by atoms with Crippen LogP contribution < -0.4 is 5.32 Å². The van der Waals surface area contributed by atoms with Crippen LogP contribution in [0.25, 0.3) is 0 Å². The summed E-state index contributed by atoms with van der Waals surface area (Å²) in [4.78, 5) is 33.4. The maximum atomic E-state index is 12.1. The number of aliphatic carboxylic acids is 1. The van der Waals surface area contributed by atoms with Gasteiger partial charge in [0.15, 0.2) is 0 Å². The molecule has 0 saturated heterocycles. The zero-order valence-electron chi connectivity index (χ0n) is 11.5. The van der Waals surface area contributed by atoms with Crippen molar-refractivity contribution in [2.75, 3.05) is 0 Å². The van der Waals surface area contributed by atoms with E-state index in [-0.39, 0.29) is 22.9 Å². The average Bonchev–Trinajstić information content (AvgIpc) is 2.36. The first-order valence-corrected chi connectivity index (χ1v) is 6.58. The van der Waals surface area contributed by atoms with Gasteiger partial charge in [-0.3, -0.25) is 14.9 Å². The Morgan fingerprint density at radius 3 is 2.52 bits per heavy atom. The predicted octanol–water partition coefficient (Wildman–Crippen LogP) is 2.48. The number of halogens is 1. The molecular formula is C13H15ClN2O5. The van der Waals surface area contributed by atoms with Gasteiger partial charge in [0.25, 0.3) is 11.6 Å². The topological polar surface area (TPSA) is 110 Å². The van der Waals surface area contributed by atoms with Gasteiger partial charge >= 0.3 is 5.97 Å². The molecule has 0 aromatic heterocycles. The highest BCUT2D eigenvalue weighted by molar-refractivity contribution is 6.34. The molecule has 0 fully saturated rings. The number of nitrogens with zero attached hydrogens (tertiary/aromatic N) is 1. The number of amides is 1. The molecular weight excluding hydrogens is 300 g/mol. The number of hydrogen-bond acceptors (Lipinski definition) is 4. The first-order valence-electron chi connectivity index (χ1n) is 6.20. The summed E-state index contributed by atoms with van der Waals surface area (Å²) in [6.07, 6.45) is 0.208. The van der Waals surface area contributed by atoms with Crippen LogP contribution in [-0.2, 0) is 4.79 Å². The highest BCUT2D eigenvalue weighted by Gasteiger charge is 2.27. The normalized spacial score (nSPS) is 12.0. The fourth-order valence-corrected chi connectivity index (χ4v) is 2.07. The van der Waals surface area contributed by atoms with Crippen LogP contribution in [0.1, 0.15) is 30.6 Å². The second-order valence-corrected chi connectivity index (χ2v) is 5.29. The minimum Gasteiger partial charge on any atom is -0.480 e. The Morgan fingerprint density at radius 1 is 1.43 bits per heavy atom. The second kappa shape index (κ2) is 7.03. The van der Waals surface area contributed by atoms with Crippen molar-refractivity contribution in [3.05, 3.63) is 38.9 Å². The fraction of sp³-hybridized carbons (Fsp3) is 0.385. The highest BCUT2D eigenvalue weighted by atomic mass is 35.5. The molecule has 1 aromatic rings. The molecule has 1 atom stereocenters. The number of carbonyl (C=O) groups is 2. The summed E-state index contributed by atoms with van der Waals surface area (Å²) in [7, 11) is 0. The van der Waals surface area contributed by atoms with Gasteiger partial charge in [-0.25, -0.2) is 4.79 Å². The summed E-state index contributed by atoms with van der Waals surface area (Å²) in [5.41, 5.74) is -0.798. The molecule has 1 amide bonds. The second-order valence-electron chi connectivity index (χ2n) is 4.88. The van der Waals surface area contributed by atoms with Crippen LogP contribution in [-0.4, -0.2) is 27.9 Å². The Hall–Kier alpha value is -2.15. The van der Waals surface area contributed by atoms with E-state index >= 15 is 0 Å². The van der Waals surface area contributed by atoms with Crippen LogP contribution in [0, 0.1) is 16.0 Å². The zero-order chi connectivity index (χ0) is 16.2. The number of nitro benzene ring substituents is 1. The quantitative estimate of drug-likeness (QED) is 0.619. The Labute approximate surface area is 126 Å². The SMILES string of the molecule is CC(C)C[C@@H](NC(=O)c1c(Cl)cccc1[N+](=O)[O-])C(=O)O. The smallest absolute Gasteiger partial charge is 0.326 e. The highest BCUT2D eigenvalue weighted by Crippen LogP contribution is 2.26. The Balaban J connectivity index is 3.08. The van der Waals surface area contributed by atoms with Gasteiger partial charge in [0.2, 0.25) is 0 Å². The maximum absolute atomic E-state index is 12.1. The van der Waals surface area contributed by atoms with Crippen molar-refractivity contribution < 1.29 is 19.6 Å². The maximum Gasteiger partial charge on any atom is 0.326 e. The van der Waals surface area contributed by atoms with E-state index in [9.17, 15) is 19.7 Å². The number of carboxylic acid groups (broad SMARTS) is 1. The van der Waals surface area contributed by atoms with Crippen molar-refractivity contribution in [3.8, 4) is 0 Å². The molecule has 0 aliphatic rings. The minimum absolute atomic E-state index is 0.0348. The van der Waals surface area contributed by atoms with Gasteiger partial charge < -0.3 is 10.4 Å². The molecule has 1 rings (SSSR count). The summed E-state index contributed by atoms with van der Waals surface area (Å²) in [5.74, 6) is -2.04. The van der Waals surface area contributed by atoms with E-state index < -0.39 is 28.5 Å². The van der Waals surface area contributed by atoms with Crippen molar-refractivity contribution in [1.29, 1.82) is 0 Å².